The highest BCUT2D eigenvalue weighted by Crippen LogP contribution is 2.11. The molecule has 0 saturated heterocycles. The van der Waals surface area contributed by atoms with Crippen molar-refractivity contribution in [2.24, 2.45) is 0 Å². The second-order valence-electron chi connectivity index (χ2n) is 6.20. The van der Waals surface area contributed by atoms with Gasteiger partial charge in [0, 0.05) is 12.2 Å². The number of hydrogen-bond donors (Lipinski definition) is 0. The van der Waals surface area contributed by atoms with Crippen LogP contribution in [0.4, 0.5) is 0 Å². The molecule has 0 bridgehead atoms. The van der Waals surface area contributed by atoms with Crippen molar-refractivity contribution >= 4 is 19.5 Å². The van der Waals surface area contributed by atoms with Crippen molar-refractivity contribution in [1.82, 2.24) is 0 Å². The molecule has 0 fully saturated rings. The van der Waals surface area contributed by atoms with Crippen LogP contribution in [0.25, 0.3) is 0 Å². The molecular formula is C17H40O2Si2. The summed E-state index contributed by atoms with van der Waals surface area (Å²) in [7, 11) is -0.553. The minimum Gasteiger partial charge on any atom is -0.421 e. The van der Waals surface area contributed by atoms with Crippen molar-refractivity contribution in [3.05, 3.63) is 0 Å². The molecule has 0 aromatic rings. The lowest BCUT2D eigenvalue weighted by molar-refractivity contribution is 0.185. The maximum Gasteiger partial charge on any atom is 0.161 e. The van der Waals surface area contributed by atoms with Crippen LogP contribution in [0.15, 0.2) is 0 Å². The van der Waals surface area contributed by atoms with Crippen molar-refractivity contribution < 1.29 is 8.85 Å². The van der Waals surface area contributed by atoms with E-state index in [9.17, 15) is 0 Å². The minimum absolute atomic E-state index is 0.277. The van der Waals surface area contributed by atoms with Crippen molar-refractivity contribution in [2.75, 3.05) is 0 Å². The third kappa shape index (κ3) is 13.7. The van der Waals surface area contributed by atoms with Gasteiger partial charge in [-0.05, 0) is 37.8 Å². The molecule has 0 radical (unpaired) electrons. The average molecular weight is 333 g/mol. The molecule has 0 saturated carbocycles. The molecule has 0 aliphatic heterocycles. The molecule has 0 rings (SSSR count). The van der Waals surface area contributed by atoms with Crippen LogP contribution in [-0.2, 0) is 8.85 Å². The Kier molecular flexibility index (Phi) is 17.0. The van der Waals surface area contributed by atoms with Gasteiger partial charge in [-0.25, -0.2) is 0 Å². The molecule has 128 valence electrons. The van der Waals surface area contributed by atoms with Crippen molar-refractivity contribution in [2.45, 2.75) is 110 Å². The normalized spacial score (nSPS) is 12.9. The van der Waals surface area contributed by atoms with Gasteiger partial charge in [-0.15, -0.1) is 0 Å². The summed E-state index contributed by atoms with van der Waals surface area (Å²) in [6, 6.07) is 2.71. The smallest absolute Gasteiger partial charge is 0.161 e. The Labute approximate surface area is 138 Å². The van der Waals surface area contributed by atoms with Gasteiger partial charge in [0.05, 0.1) is 0 Å². The van der Waals surface area contributed by atoms with Crippen LogP contribution in [0, 0.1) is 0 Å². The summed E-state index contributed by atoms with van der Waals surface area (Å²) in [5, 5.41) is 0. The molecule has 0 aliphatic carbocycles. The van der Waals surface area contributed by atoms with Gasteiger partial charge in [0.25, 0.3) is 0 Å². The lowest BCUT2D eigenvalue weighted by Gasteiger charge is -2.17. The van der Waals surface area contributed by atoms with E-state index in [1.54, 1.807) is 0 Å². The van der Waals surface area contributed by atoms with E-state index in [0.717, 1.165) is 0 Å². The van der Waals surface area contributed by atoms with Crippen molar-refractivity contribution in [3.8, 4) is 0 Å². The molecule has 0 aliphatic rings. The Morgan fingerprint density at radius 2 is 0.952 bits per heavy atom. The molecule has 0 unspecified atom stereocenters. The molecular weight excluding hydrogens is 292 g/mol. The summed E-state index contributed by atoms with van der Waals surface area (Å²) in [5.41, 5.74) is 0. The van der Waals surface area contributed by atoms with Gasteiger partial charge in [-0.3, -0.25) is 0 Å². The van der Waals surface area contributed by atoms with Gasteiger partial charge in [-0.1, -0.05) is 59.8 Å². The van der Waals surface area contributed by atoms with Crippen LogP contribution in [0.3, 0.4) is 0 Å². The van der Waals surface area contributed by atoms with Gasteiger partial charge in [0.2, 0.25) is 0 Å². The van der Waals surface area contributed by atoms with Gasteiger partial charge in [-0.2, -0.15) is 0 Å². The number of rotatable bonds is 16. The Morgan fingerprint density at radius 1 is 0.619 bits per heavy atom. The Balaban J connectivity index is 3.48. The fourth-order valence-corrected chi connectivity index (χ4v) is 6.28. The third-order valence-electron chi connectivity index (χ3n) is 3.94. The summed E-state index contributed by atoms with van der Waals surface area (Å²) in [4.78, 5) is 0. The van der Waals surface area contributed by atoms with Crippen LogP contribution >= 0.6 is 0 Å². The van der Waals surface area contributed by atoms with E-state index < -0.39 is 0 Å². The monoisotopic (exact) mass is 332 g/mol. The molecule has 0 heterocycles. The predicted octanol–water partition coefficient (Wildman–Crippen LogP) is 4.35. The zero-order valence-corrected chi connectivity index (χ0v) is 18.0. The summed E-state index contributed by atoms with van der Waals surface area (Å²) in [6.07, 6.45) is 12.6. The fourth-order valence-electron chi connectivity index (χ4n) is 2.79. The Morgan fingerprint density at radius 3 is 1.24 bits per heavy atom. The molecule has 0 aromatic carbocycles. The highest BCUT2D eigenvalue weighted by Gasteiger charge is 2.07. The minimum atomic E-state index is -0.277. The zero-order chi connectivity index (χ0) is 15.8. The first-order chi connectivity index (χ1) is 10.3. The van der Waals surface area contributed by atoms with Gasteiger partial charge in [0.1, 0.15) is 0 Å². The van der Waals surface area contributed by atoms with E-state index in [1.165, 1.54) is 69.9 Å². The molecule has 0 amide bonds. The first-order valence-corrected chi connectivity index (χ1v) is 12.7. The topological polar surface area (TPSA) is 18.5 Å². The van der Waals surface area contributed by atoms with E-state index in [4.69, 9.17) is 8.85 Å². The molecule has 21 heavy (non-hydrogen) atoms. The first-order valence-electron chi connectivity index (χ1n) is 9.51. The Bertz CT molecular complexity index is 171. The number of hydrogen-bond acceptors (Lipinski definition) is 2. The van der Waals surface area contributed by atoms with Crippen LogP contribution in [0.5, 0.6) is 0 Å². The molecule has 2 nitrogen and oxygen atoms in total. The lowest BCUT2D eigenvalue weighted by Crippen LogP contribution is -2.16. The van der Waals surface area contributed by atoms with E-state index in [1.807, 2.05) is 0 Å². The first kappa shape index (κ1) is 21.4. The molecule has 0 aromatic heterocycles. The van der Waals surface area contributed by atoms with Crippen LogP contribution in [0.2, 0.25) is 12.1 Å². The maximum absolute atomic E-state index is 6.14. The van der Waals surface area contributed by atoms with Gasteiger partial charge in [0.15, 0.2) is 19.5 Å². The van der Waals surface area contributed by atoms with E-state index in [2.05, 4.69) is 27.7 Å². The summed E-state index contributed by atoms with van der Waals surface area (Å²) >= 11 is 0. The van der Waals surface area contributed by atoms with Crippen LogP contribution < -0.4 is 0 Å². The van der Waals surface area contributed by atoms with Gasteiger partial charge >= 0.3 is 0 Å². The van der Waals surface area contributed by atoms with Crippen LogP contribution in [0.1, 0.15) is 85.5 Å². The third-order valence-corrected chi connectivity index (χ3v) is 6.93. The second kappa shape index (κ2) is 16.7. The molecule has 4 heteroatoms. The zero-order valence-electron chi connectivity index (χ0n) is 15.2. The summed E-state index contributed by atoms with van der Waals surface area (Å²) in [6.45, 7) is 9.05. The molecule has 0 spiro atoms. The summed E-state index contributed by atoms with van der Waals surface area (Å²) in [5.74, 6) is 0. The maximum atomic E-state index is 6.14. The SMILES string of the molecule is CCCC(CCC)O[SiH2]CCC[SiH2]OC(CCC)CCC. The quantitative estimate of drug-likeness (QED) is 0.309. The van der Waals surface area contributed by atoms with E-state index in [-0.39, 0.29) is 19.5 Å². The van der Waals surface area contributed by atoms with Crippen molar-refractivity contribution in [1.29, 1.82) is 0 Å². The van der Waals surface area contributed by atoms with E-state index in [0.29, 0.717) is 12.2 Å². The highest BCUT2D eigenvalue weighted by molar-refractivity contribution is 6.29. The highest BCUT2D eigenvalue weighted by atomic mass is 28.2. The van der Waals surface area contributed by atoms with Crippen molar-refractivity contribution in [3.63, 3.8) is 0 Å². The van der Waals surface area contributed by atoms with E-state index >= 15 is 0 Å². The fraction of sp³-hybridized carbons (Fsp3) is 1.00. The molecule has 0 atom stereocenters. The average Bonchev–Trinajstić information content (AvgIpc) is 2.47. The van der Waals surface area contributed by atoms with Crippen LogP contribution in [-0.4, -0.2) is 31.7 Å². The second-order valence-corrected chi connectivity index (χ2v) is 9.10. The largest absolute Gasteiger partial charge is 0.421 e. The summed E-state index contributed by atoms with van der Waals surface area (Å²) < 4.78 is 12.3. The predicted molar refractivity (Wildman–Crippen MR) is 101 cm³/mol. The Hall–Kier alpha value is 0.354. The standard InChI is InChI=1S/C17H40O2Si2/c1-5-10-16(11-6-2)18-20-14-9-15-21-19-17(12-7-3)13-8-4/h16-17H,5-15,20-21H2,1-4H3. The molecule has 0 N–H and O–H groups in total. The van der Waals surface area contributed by atoms with Gasteiger partial charge < -0.3 is 8.85 Å². The lowest BCUT2D eigenvalue weighted by atomic mass is 10.1.